The van der Waals surface area contributed by atoms with E-state index in [4.69, 9.17) is 5.26 Å². The van der Waals surface area contributed by atoms with Gasteiger partial charge in [-0.25, -0.2) is 0 Å². The zero-order chi connectivity index (χ0) is 13.2. The molecule has 0 heterocycles. The highest BCUT2D eigenvalue weighted by atomic mass is 32.2. The Morgan fingerprint density at radius 1 is 1.39 bits per heavy atom. The second-order valence-electron chi connectivity index (χ2n) is 4.00. The van der Waals surface area contributed by atoms with Crippen LogP contribution in [0.4, 0.5) is 5.69 Å². The summed E-state index contributed by atoms with van der Waals surface area (Å²) >= 11 is 1.32. The van der Waals surface area contributed by atoms with Crippen molar-refractivity contribution in [3.8, 4) is 6.07 Å². The van der Waals surface area contributed by atoms with Crippen molar-refractivity contribution in [2.24, 2.45) is 0 Å². The molecule has 1 aromatic carbocycles. The first kappa shape index (κ1) is 14.6. The summed E-state index contributed by atoms with van der Waals surface area (Å²) in [5.74, 6) is 0.616. The van der Waals surface area contributed by atoms with Crippen molar-refractivity contribution in [2.75, 3.05) is 16.8 Å². The van der Waals surface area contributed by atoms with Crippen LogP contribution in [0.15, 0.2) is 24.3 Å². The number of nitrogens with zero attached hydrogens (tertiary/aromatic N) is 1. The second-order valence-corrected chi connectivity index (χ2v) is 4.99. The van der Waals surface area contributed by atoms with Gasteiger partial charge in [0.1, 0.15) is 0 Å². The van der Waals surface area contributed by atoms with Crippen LogP contribution in [0.5, 0.6) is 0 Å². The zero-order valence-electron chi connectivity index (χ0n) is 10.6. The molecule has 0 aliphatic carbocycles. The third-order valence-corrected chi connectivity index (χ3v) is 3.26. The number of carbonyl (C=O) groups is 1. The Hall–Kier alpha value is -1.47. The Balaban J connectivity index is 2.38. The summed E-state index contributed by atoms with van der Waals surface area (Å²) in [6, 6.07) is 9.95. The smallest absolute Gasteiger partial charge is 0.234 e. The predicted molar refractivity (Wildman–Crippen MR) is 76.6 cm³/mol. The van der Waals surface area contributed by atoms with E-state index in [1.165, 1.54) is 30.2 Å². The van der Waals surface area contributed by atoms with Gasteiger partial charge < -0.3 is 5.32 Å². The molecule has 0 atom stereocenters. The first-order valence-corrected chi connectivity index (χ1v) is 7.25. The van der Waals surface area contributed by atoms with Gasteiger partial charge >= 0.3 is 0 Å². The van der Waals surface area contributed by atoms with E-state index < -0.39 is 0 Å². The van der Waals surface area contributed by atoms with E-state index in [2.05, 4.69) is 12.2 Å². The largest absolute Gasteiger partial charge is 0.325 e. The summed E-state index contributed by atoms with van der Waals surface area (Å²) in [6.45, 7) is 2.17. The number of rotatable bonds is 7. The lowest BCUT2D eigenvalue weighted by Gasteiger charge is -2.05. The van der Waals surface area contributed by atoms with Gasteiger partial charge in [0.15, 0.2) is 0 Å². The molecule has 0 saturated carbocycles. The molecule has 0 spiro atoms. The van der Waals surface area contributed by atoms with Crippen molar-refractivity contribution in [3.63, 3.8) is 0 Å². The quantitative estimate of drug-likeness (QED) is 0.768. The number of unbranched alkanes of at least 4 members (excludes halogenated alkanes) is 1. The van der Waals surface area contributed by atoms with Crippen LogP contribution < -0.4 is 5.32 Å². The summed E-state index contributed by atoms with van der Waals surface area (Å²) < 4.78 is 0. The fraction of sp³-hybridized carbons (Fsp3) is 0.429. The van der Waals surface area contributed by atoms with Crippen LogP contribution in [0.1, 0.15) is 25.3 Å². The number of carbonyl (C=O) groups excluding carboxylic acids is 1. The fourth-order valence-electron chi connectivity index (χ4n) is 1.52. The van der Waals surface area contributed by atoms with E-state index >= 15 is 0 Å². The van der Waals surface area contributed by atoms with Crippen molar-refractivity contribution >= 4 is 23.4 Å². The number of nitrogens with one attached hydrogen (secondary N) is 1. The minimum absolute atomic E-state index is 0.0587. The van der Waals surface area contributed by atoms with Gasteiger partial charge in [0.2, 0.25) is 5.91 Å². The van der Waals surface area contributed by atoms with Crippen molar-refractivity contribution in [3.05, 3.63) is 29.8 Å². The number of anilines is 1. The Labute approximate surface area is 113 Å². The molecule has 1 N–H and O–H groups in total. The van der Waals surface area contributed by atoms with Crippen molar-refractivity contribution in [2.45, 2.75) is 26.2 Å². The Bertz CT molecular complexity index is 409. The third kappa shape index (κ3) is 5.74. The molecule has 18 heavy (non-hydrogen) atoms. The minimum Gasteiger partial charge on any atom is -0.325 e. The molecule has 0 aliphatic heterocycles. The van der Waals surface area contributed by atoms with E-state index in [1.807, 2.05) is 30.3 Å². The summed E-state index contributed by atoms with van der Waals surface area (Å²) in [5, 5.41) is 11.2. The summed E-state index contributed by atoms with van der Waals surface area (Å²) in [6.07, 6.45) is 3.47. The van der Waals surface area contributed by atoms with Crippen molar-refractivity contribution < 1.29 is 4.79 Å². The zero-order valence-corrected chi connectivity index (χ0v) is 11.4. The Morgan fingerprint density at radius 3 is 2.72 bits per heavy atom. The van der Waals surface area contributed by atoms with Gasteiger partial charge in [0.05, 0.1) is 17.6 Å². The number of nitriles is 1. The molecule has 0 unspecified atom stereocenters. The molecule has 0 aromatic heterocycles. The van der Waals surface area contributed by atoms with Gasteiger partial charge in [-0.2, -0.15) is 5.26 Å². The molecule has 0 radical (unpaired) electrons. The maximum atomic E-state index is 11.5. The van der Waals surface area contributed by atoms with Crippen LogP contribution in [0.25, 0.3) is 0 Å². The standard InChI is InChI=1S/C14H18N2OS/c1-2-3-4-12-5-7-13(8-6-12)16-14(17)11-18-10-9-15/h5-8H,2-4,10-11H2,1H3,(H,16,17). The van der Waals surface area contributed by atoms with Crippen LogP contribution in [0, 0.1) is 11.3 Å². The van der Waals surface area contributed by atoms with E-state index in [0.717, 1.165) is 12.1 Å². The molecule has 3 nitrogen and oxygen atoms in total. The highest BCUT2D eigenvalue weighted by molar-refractivity contribution is 8.00. The van der Waals surface area contributed by atoms with Gasteiger partial charge in [-0.05, 0) is 30.5 Å². The van der Waals surface area contributed by atoms with Gasteiger partial charge in [-0.15, -0.1) is 11.8 Å². The maximum Gasteiger partial charge on any atom is 0.234 e. The number of thioether (sulfide) groups is 1. The Kier molecular flexibility index (Phi) is 6.97. The molecule has 1 rings (SSSR count). The van der Waals surface area contributed by atoms with E-state index in [0.29, 0.717) is 11.5 Å². The third-order valence-electron chi connectivity index (χ3n) is 2.46. The summed E-state index contributed by atoms with van der Waals surface area (Å²) in [4.78, 5) is 11.5. The molecular formula is C14H18N2OS. The van der Waals surface area contributed by atoms with Crippen LogP contribution in [-0.4, -0.2) is 17.4 Å². The highest BCUT2D eigenvalue weighted by Crippen LogP contribution is 2.12. The highest BCUT2D eigenvalue weighted by Gasteiger charge is 2.02. The van der Waals surface area contributed by atoms with E-state index in [1.54, 1.807) is 0 Å². The van der Waals surface area contributed by atoms with Gasteiger partial charge in [0.25, 0.3) is 0 Å². The van der Waals surface area contributed by atoms with Crippen molar-refractivity contribution in [1.82, 2.24) is 0 Å². The van der Waals surface area contributed by atoms with Crippen LogP contribution in [0.2, 0.25) is 0 Å². The molecule has 0 aliphatic rings. The van der Waals surface area contributed by atoms with Crippen LogP contribution in [0.3, 0.4) is 0 Å². The van der Waals surface area contributed by atoms with Gasteiger partial charge in [-0.3, -0.25) is 4.79 Å². The molecule has 1 aromatic rings. The lowest BCUT2D eigenvalue weighted by molar-refractivity contribution is -0.113. The van der Waals surface area contributed by atoms with Gasteiger partial charge in [0, 0.05) is 5.69 Å². The number of benzene rings is 1. The monoisotopic (exact) mass is 262 g/mol. The van der Waals surface area contributed by atoms with Crippen molar-refractivity contribution in [1.29, 1.82) is 5.26 Å². The SMILES string of the molecule is CCCCc1ccc(NC(=O)CSCC#N)cc1. The minimum atomic E-state index is -0.0587. The second kappa shape index (κ2) is 8.60. The van der Waals surface area contributed by atoms with E-state index in [-0.39, 0.29) is 5.91 Å². The lowest BCUT2D eigenvalue weighted by Crippen LogP contribution is -2.14. The number of amides is 1. The lowest BCUT2D eigenvalue weighted by atomic mass is 10.1. The normalized spacial score (nSPS) is 9.78. The maximum absolute atomic E-state index is 11.5. The summed E-state index contributed by atoms with van der Waals surface area (Å²) in [7, 11) is 0. The molecule has 0 bridgehead atoms. The molecule has 96 valence electrons. The van der Waals surface area contributed by atoms with Gasteiger partial charge in [-0.1, -0.05) is 25.5 Å². The molecule has 0 saturated heterocycles. The first-order valence-electron chi connectivity index (χ1n) is 6.09. The number of hydrogen-bond donors (Lipinski definition) is 1. The van der Waals surface area contributed by atoms with Crippen LogP contribution in [-0.2, 0) is 11.2 Å². The fourth-order valence-corrected chi connectivity index (χ4v) is 1.97. The number of aryl methyl sites for hydroxylation is 1. The topological polar surface area (TPSA) is 52.9 Å². The van der Waals surface area contributed by atoms with Crippen LogP contribution >= 0.6 is 11.8 Å². The number of hydrogen-bond acceptors (Lipinski definition) is 3. The van der Waals surface area contributed by atoms with E-state index in [9.17, 15) is 4.79 Å². The molecule has 4 heteroatoms. The average molecular weight is 262 g/mol. The first-order chi connectivity index (χ1) is 8.76. The Morgan fingerprint density at radius 2 is 2.11 bits per heavy atom. The molecule has 1 amide bonds. The summed E-state index contributed by atoms with van der Waals surface area (Å²) in [5.41, 5.74) is 2.12. The average Bonchev–Trinajstić information content (AvgIpc) is 2.38. The molecular weight excluding hydrogens is 244 g/mol. The molecule has 0 fully saturated rings. The predicted octanol–water partition coefficient (Wildman–Crippen LogP) is 3.22.